The van der Waals surface area contributed by atoms with Gasteiger partial charge in [0.2, 0.25) is 0 Å². The lowest BCUT2D eigenvalue weighted by Crippen LogP contribution is -2.30. The number of amides is 2. The summed E-state index contributed by atoms with van der Waals surface area (Å²) in [6.45, 7) is 0. The van der Waals surface area contributed by atoms with Gasteiger partial charge in [-0.3, -0.25) is 9.59 Å². The van der Waals surface area contributed by atoms with E-state index < -0.39 is 11.8 Å². The first kappa shape index (κ1) is 14.9. The molecule has 0 aromatic heterocycles. The quantitative estimate of drug-likeness (QED) is 0.513. The molecule has 0 saturated heterocycles. The number of nitrogens with one attached hydrogen (secondary N) is 1. The van der Waals surface area contributed by atoms with Gasteiger partial charge in [0, 0.05) is 21.7 Å². The van der Waals surface area contributed by atoms with Gasteiger partial charge >= 0.3 is 0 Å². The summed E-state index contributed by atoms with van der Waals surface area (Å²) >= 11 is 5.82. The summed E-state index contributed by atoms with van der Waals surface area (Å²) in [4.78, 5) is 27.7. The number of nitrogens with zero attached hydrogens (tertiary/aromatic N) is 2. The second-order valence-corrected chi connectivity index (χ2v) is 5.15. The number of carbonyl (C=O) groups is 2. The Morgan fingerprint density at radius 3 is 2.83 bits per heavy atom. The van der Waals surface area contributed by atoms with Gasteiger partial charge in [-0.15, -0.1) is 5.10 Å². The summed E-state index contributed by atoms with van der Waals surface area (Å²) in [5.41, 5.74) is 2.84. The van der Waals surface area contributed by atoms with Gasteiger partial charge in [0.25, 0.3) is 11.8 Å². The zero-order chi connectivity index (χ0) is 16.2. The van der Waals surface area contributed by atoms with Crippen LogP contribution in [0.25, 0.3) is 6.08 Å². The predicted octanol–water partition coefficient (Wildman–Crippen LogP) is 1.22. The van der Waals surface area contributed by atoms with Crippen molar-refractivity contribution in [3.05, 3.63) is 75.3 Å². The molecule has 0 fully saturated rings. The molecule has 0 bridgehead atoms. The third-order valence-electron chi connectivity index (χ3n) is 3.11. The van der Waals surface area contributed by atoms with Gasteiger partial charge in [0.05, 0.1) is 5.36 Å². The Morgan fingerprint density at radius 1 is 1.17 bits per heavy atom. The van der Waals surface area contributed by atoms with E-state index in [2.05, 4.69) is 21.4 Å². The highest BCUT2D eigenvalue weighted by Gasteiger charge is 2.10. The van der Waals surface area contributed by atoms with Gasteiger partial charge < -0.3 is 0 Å². The van der Waals surface area contributed by atoms with Crippen LogP contribution in [0.15, 0.2) is 64.2 Å². The van der Waals surface area contributed by atoms with Crippen LogP contribution in [0.2, 0.25) is 5.02 Å². The molecular formula is C17H10ClN3O2. The second kappa shape index (κ2) is 6.40. The van der Waals surface area contributed by atoms with Crippen LogP contribution in [0.4, 0.5) is 0 Å². The van der Waals surface area contributed by atoms with Crippen LogP contribution in [-0.2, 0) is 4.79 Å². The minimum atomic E-state index is -0.454. The van der Waals surface area contributed by atoms with Crippen LogP contribution in [0.5, 0.6) is 0 Å². The van der Waals surface area contributed by atoms with Crippen molar-refractivity contribution in [2.45, 2.75) is 0 Å². The number of para-hydroxylation sites is 1. The van der Waals surface area contributed by atoms with Crippen LogP contribution in [0.1, 0.15) is 10.4 Å². The largest absolute Gasteiger partial charge is 0.287 e. The fraction of sp³-hybridized carbons (Fsp3) is 0. The number of hydrazone groups is 1. The smallest absolute Gasteiger partial charge is 0.267 e. The van der Waals surface area contributed by atoms with Gasteiger partial charge in [0.1, 0.15) is 5.57 Å². The SMILES string of the molecule is O=C1N=c2ccccc2=CC1=C=NNC(=O)c1cccc(Cl)c1. The minimum absolute atomic E-state index is 0.176. The summed E-state index contributed by atoms with van der Waals surface area (Å²) in [5, 5.41) is 5.53. The lowest BCUT2D eigenvalue weighted by Gasteiger charge is -2.00. The van der Waals surface area contributed by atoms with Gasteiger partial charge in [0.15, 0.2) is 0 Å². The van der Waals surface area contributed by atoms with Crippen molar-refractivity contribution >= 4 is 35.4 Å². The molecule has 0 spiro atoms. The van der Waals surface area contributed by atoms with E-state index in [-0.39, 0.29) is 5.57 Å². The number of hydrogen-bond donors (Lipinski definition) is 1. The van der Waals surface area contributed by atoms with E-state index in [1.807, 2.05) is 12.1 Å². The molecule has 1 aliphatic rings. The Labute approximate surface area is 136 Å². The Kier molecular flexibility index (Phi) is 4.15. The van der Waals surface area contributed by atoms with E-state index in [4.69, 9.17) is 11.6 Å². The molecule has 6 heteroatoms. The van der Waals surface area contributed by atoms with E-state index >= 15 is 0 Å². The molecule has 0 unspecified atom stereocenters. The van der Waals surface area contributed by atoms with Crippen LogP contribution < -0.4 is 16.0 Å². The van der Waals surface area contributed by atoms with Gasteiger partial charge in [-0.1, -0.05) is 35.9 Å². The van der Waals surface area contributed by atoms with Crippen LogP contribution >= 0.6 is 11.6 Å². The lowest BCUT2D eigenvalue weighted by molar-refractivity contribution is -0.114. The molecular weight excluding hydrogens is 314 g/mol. The van der Waals surface area contributed by atoms with E-state index in [9.17, 15) is 9.59 Å². The standard InChI is InChI=1S/C17H10ClN3O2/c18-14-6-3-5-12(9-14)17(23)21-19-10-13-8-11-4-1-2-7-15(11)20-16(13)22/h1-9H,(H,21,23). The molecule has 0 aliphatic carbocycles. The third kappa shape index (κ3) is 3.43. The number of hydrogen-bond acceptors (Lipinski definition) is 3. The van der Waals surface area contributed by atoms with Crippen molar-refractivity contribution in [1.82, 2.24) is 5.43 Å². The fourth-order valence-corrected chi connectivity index (χ4v) is 2.20. The molecule has 2 aromatic carbocycles. The number of benzene rings is 2. The summed E-state index contributed by atoms with van der Waals surface area (Å²) in [7, 11) is 0. The maximum Gasteiger partial charge on any atom is 0.287 e. The van der Waals surface area contributed by atoms with Crippen molar-refractivity contribution in [2.24, 2.45) is 10.1 Å². The first-order chi connectivity index (χ1) is 11.1. The molecule has 3 rings (SSSR count). The first-order valence-electron chi connectivity index (χ1n) is 6.72. The summed E-state index contributed by atoms with van der Waals surface area (Å²) in [5.74, 6) is 1.61. The minimum Gasteiger partial charge on any atom is -0.267 e. The Morgan fingerprint density at radius 2 is 2.00 bits per heavy atom. The molecule has 1 heterocycles. The van der Waals surface area contributed by atoms with Crippen molar-refractivity contribution in [1.29, 1.82) is 0 Å². The average molecular weight is 324 g/mol. The zero-order valence-corrected chi connectivity index (χ0v) is 12.5. The van der Waals surface area contributed by atoms with Crippen molar-refractivity contribution in [2.75, 3.05) is 0 Å². The van der Waals surface area contributed by atoms with E-state index in [1.165, 1.54) is 6.07 Å². The first-order valence-corrected chi connectivity index (χ1v) is 7.10. The molecule has 0 saturated carbocycles. The summed E-state index contributed by atoms with van der Waals surface area (Å²) < 4.78 is 0. The normalized spacial score (nSPS) is 12.4. The van der Waals surface area contributed by atoms with E-state index in [0.29, 0.717) is 15.9 Å². The second-order valence-electron chi connectivity index (χ2n) is 4.71. The average Bonchev–Trinajstić information content (AvgIpc) is 2.55. The van der Waals surface area contributed by atoms with Crippen molar-refractivity contribution in [3.63, 3.8) is 0 Å². The Hall–Kier alpha value is -3.01. The molecule has 0 atom stereocenters. The highest BCUT2D eigenvalue weighted by atomic mass is 35.5. The monoisotopic (exact) mass is 323 g/mol. The molecule has 2 amide bonds. The molecule has 23 heavy (non-hydrogen) atoms. The van der Waals surface area contributed by atoms with Crippen LogP contribution in [0, 0.1) is 0 Å². The van der Waals surface area contributed by atoms with E-state index in [0.717, 1.165) is 5.22 Å². The molecule has 1 N–H and O–H groups in total. The lowest BCUT2D eigenvalue weighted by atomic mass is 10.1. The van der Waals surface area contributed by atoms with Crippen LogP contribution in [0.3, 0.4) is 0 Å². The van der Waals surface area contributed by atoms with Gasteiger partial charge in [-0.2, -0.15) is 0 Å². The van der Waals surface area contributed by atoms with Gasteiger partial charge in [-0.05, 0) is 30.3 Å². The highest BCUT2D eigenvalue weighted by Crippen LogP contribution is 2.10. The highest BCUT2D eigenvalue weighted by molar-refractivity contribution is 6.30. The molecule has 1 aliphatic heterocycles. The third-order valence-corrected chi connectivity index (χ3v) is 3.34. The number of carbonyl (C=O) groups excluding carboxylic acids is 2. The summed E-state index contributed by atoms with van der Waals surface area (Å²) in [6, 6.07) is 13.7. The predicted molar refractivity (Wildman–Crippen MR) is 86.6 cm³/mol. The maximum absolute atomic E-state index is 11.9. The Bertz CT molecular complexity index is 989. The topological polar surface area (TPSA) is 70.9 Å². The Balaban J connectivity index is 1.85. The fourth-order valence-electron chi connectivity index (χ4n) is 2.01. The number of rotatable bonds is 2. The maximum atomic E-state index is 11.9. The summed E-state index contributed by atoms with van der Waals surface area (Å²) in [6.07, 6.45) is 1.62. The number of fused-ring (bicyclic) bond motifs is 1. The van der Waals surface area contributed by atoms with Crippen molar-refractivity contribution < 1.29 is 9.59 Å². The van der Waals surface area contributed by atoms with Crippen molar-refractivity contribution in [3.8, 4) is 0 Å². The number of halogens is 1. The van der Waals surface area contributed by atoms with Crippen LogP contribution in [-0.4, -0.2) is 17.7 Å². The zero-order valence-electron chi connectivity index (χ0n) is 11.8. The molecule has 2 aromatic rings. The van der Waals surface area contributed by atoms with E-state index in [1.54, 1.807) is 36.4 Å². The molecule has 112 valence electrons. The molecule has 5 nitrogen and oxygen atoms in total. The molecule has 0 radical (unpaired) electrons. The van der Waals surface area contributed by atoms with Gasteiger partial charge in [-0.25, -0.2) is 10.4 Å².